The highest BCUT2D eigenvalue weighted by Gasteiger charge is 2.11. The van der Waals surface area contributed by atoms with Crippen LogP contribution in [-0.4, -0.2) is 17.1 Å². The van der Waals surface area contributed by atoms with Gasteiger partial charge in [-0.25, -0.2) is 0 Å². The molecule has 0 aliphatic rings. The number of aliphatic carboxylic acids is 1. The zero-order valence-electron chi connectivity index (χ0n) is 7.31. The van der Waals surface area contributed by atoms with Crippen LogP contribution in [0.3, 0.4) is 0 Å². The number of hydrogen-bond donors (Lipinski definition) is 2. The molecule has 0 saturated carbocycles. The Labute approximate surface area is 96.8 Å². The van der Waals surface area contributed by atoms with Crippen molar-refractivity contribution in [2.45, 2.75) is 12.5 Å². The van der Waals surface area contributed by atoms with E-state index in [-0.39, 0.29) is 12.4 Å². The maximum atomic E-state index is 10.5. The van der Waals surface area contributed by atoms with E-state index >= 15 is 0 Å². The van der Waals surface area contributed by atoms with Gasteiger partial charge in [-0.15, -0.1) is 12.4 Å². The molecule has 1 aromatic carbocycles. The first-order chi connectivity index (χ1) is 6.09. The molecule has 0 heterocycles. The van der Waals surface area contributed by atoms with E-state index in [2.05, 4.69) is 15.9 Å². The molecule has 1 aromatic rings. The molecule has 14 heavy (non-hydrogen) atoms. The molecular formula is C9H11BrClNO2. The van der Waals surface area contributed by atoms with Crippen molar-refractivity contribution in [3.05, 3.63) is 34.3 Å². The van der Waals surface area contributed by atoms with E-state index in [1.807, 2.05) is 24.3 Å². The molecule has 0 radical (unpaired) electrons. The first-order valence-corrected chi connectivity index (χ1v) is 4.61. The van der Waals surface area contributed by atoms with Crippen LogP contribution in [-0.2, 0) is 11.2 Å². The predicted molar refractivity (Wildman–Crippen MR) is 60.7 cm³/mol. The van der Waals surface area contributed by atoms with Gasteiger partial charge in [0.25, 0.3) is 0 Å². The standard InChI is InChI=1S/C9H10BrNO2.ClH/c10-7-3-1-2-6(4-7)5-8(11)9(12)13;/h1-4,8H,5,11H2,(H,12,13);1H/t8-;/m1./s1. The largest absolute Gasteiger partial charge is 0.480 e. The first kappa shape index (κ1) is 13.4. The smallest absolute Gasteiger partial charge is 0.320 e. The summed E-state index contributed by atoms with van der Waals surface area (Å²) in [6.45, 7) is 0. The Morgan fingerprint density at radius 3 is 2.71 bits per heavy atom. The van der Waals surface area contributed by atoms with Crippen molar-refractivity contribution >= 4 is 34.3 Å². The summed E-state index contributed by atoms with van der Waals surface area (Å²) in [5.74, 6) is -0.972. The summed E-state index contributed by atoms with van der Waals surface area (Å²) in [5, 5.41) is 8.58. The minimum atomic E-state index is -0.972. The molecule has 0 saturated heterocycles. The number of carboxylic acids is 1. The lowest BCUT2D eigenvalue weighted by atomic mass is 10.1. The third kappa shape index (κ3) is 4.09. The second kappa shape index (κ2) is 6.01. The normalized spacial score (nSPS) is 11.6. The minimum Gasteiger partial charge on any atom is -0.480 e. The van der Waals surface area contributed by atoms with Crippen LogP contribution in [0.1, 0.15) is 5.56 Å². The van der Waals surface area contributed by atoms with E-state index in [1.54, 1.807) is 0 Å². The highest BCUT2D eigenvalue weighted by atomic mass is 79.9. The predicted octanol–water partition coefficient (Wildman–Crippen LogP) is 1.83. The maximum Gasteiger partial charge on any atom is 0.320 e. The molecule has 3 N–H and O–H groups in total. The number of benzene rings is 1. The Balaban J connectivity index is 0.00000169. The summed E-state index contributed by atoms with van der Waals surface area (Å²) in [6.07, 6.45) is 0.356. The summed E-state index contributed by atoms with van der Waals surface area (Å²) >= 11 is 3.30. The molecule has 1 rings (SSSR count). The minimum absolute atomic E-state index is 0. The van der Waals surface area contributed by atoms with E-state index in [1.165, 1.54) is 0 Å². The van der Waals surface area contributed by atoms with Crippen LogP contribution in [0.25, 0.3) is 0 Å². The summed E-state index contributed by atoms with van der Waals surface area (Å²) in [4.78, 5) is 10.5. The fourth-order valence-electron chi connectivity index (χ4n) is 1.01. The van der Waals surface area contributed by atoms with Crippen molar-refractivity contribution in [1.29, 1.82) is 0 Å². The molecule has 0 spiro atoms. The highest BCUT2D eigenvalue weighted by molar-refractivity contribution is 9.10. The summed E-state index contributed by atoms with van der Waals surface area (Å²) < 4.78 is 0.933. The number of nitrogens with two attached hydrogens (primary N) is 1. The molecule has 1 atom stereocenters. The van der Waals surface area contributed by atoms with Gasteiger partial charge in [0.1, 0.15) is 6.04 Å². The molecule has 3 nitrogen and oxygen atoms in total. The molecule has 78 valence electrons. The Morgan fingerprint density at radius 2 is 2.21 bits per heavy atom. The van der Waals surface area contributed by atoms with Crippen molar-refractivity contribution in [2.75, 3.05) is 0 Å². The monoisotopic (exact) mass is 279 g/mol. The zero-order valence-corrected chi connectivity index (χ0v) is 9.72. The van der Waals surface area contributed by atoms with E-state index in [0.29, 0.717) is 6.42 Å². The lowest BCUT2D eigenvalue weighted by molar-refractivity contribution is -0.138. The van der Waals surface area contributed by atoms with Crippen LogP contribution in [0.5, 0.6) is 0 Å². The Morgan fingerprint density at radius 1 is 1.57 bits per heavy atom. The number of carboxylic acid groups (broad SMARTS) is 1. The number of hydrogen-bond acceptors (Lipinski definition) is 2. The Kier molecular flexibility index (Phi) is 5.76. The van der Waals surface area contributed by atoms with Gasteiger partial charge in [-0.2, -0.15) is 0 Å². The molecule has 0 aliphatic carbocycles. The third-order valence-electron chi connectivity index (χ3n) is 1.66. The molecule has 0 unspecified atom stereocenters. The zero-order chi connectivity index (χ0) is 9.84. The molecule has 0 fully saturated rings. The van der Waals surface area contributed by atoms with Gasteiger partial charge in [0, 0.05) is 4.47 Å². The van der Waals surface area contributed by atoms with Crippen LogP contribution < -0.4 is 5.73 Å². The SMILES string of the molecule is Cl.N[C@H](Cc1cccc(Br)c1)C(=O)O. The maximum absolute atomic E-state index is 10.5. The fraction of sp³-hybridized carbons (Fsp3) is 0.222. The van der Waals surface area contributed by atoms with Gasteiger partial charge in [0.05, 0.1) is 0 Å². The molecule has 5 heteroatoms. The fourth-order valence-corrected chi connectivity index (χ4v) is 1.45. The highest BCUT2D eigenvalue weighted by Crippen LogP contribution is 2.12. The lowest BCUT2D eigenvalue weighted by Gasteiger charge is -2.05. The van der Waals surface area contributed by atoms with Gasteiger partial charge in [-0.1, -0.05) is 28.1 Å². The van der Waals surface area contributed by atoms with E-state index in [4.69, 9.17) is 10.8 Å². The lowest BCUT2D eigenvalue weighted by Crippen LogP contribution is -2.32. The second-order valence-electron chi connectivity index (χ2n) is 2.78. The van der Waals surface area contributed by atoms with Crippen LogP contribution in [0.4, 0.5) is 0 Å². The molecular weight excluding hydrogens is 269 g/mol. The van der Waals surface area contributed by atoms with Gasteiger partial charge in [0.15, 0.2) is 0 Å². The van der Waals surface area contributed by atoms with Crippen molar-refractivity contribution < 1.29 is 9.90 Å². The molecule has 0 amide bonds. The number of carbonyl (C=O) groups is 1. The average Bonchev–Trinajstić information content (AvgIpc) is 2.04. The van der Waals surface area contributed by atoms with Crippen LogP contribution in [0.2, 0.25) is 0 Å². The average molecular weight is 281 g/mol. The van der Waals surface area contributed by atoms with Crippen molar-refractivity contribution in [3.63, 3.8) is 0 Å². The second-order valence-corrected chi connectivity index (χ2v) is 3.69. The van der Waals surface area contributed by atoms with Gasteiger partial charge in [-0.3, -0.25) is 4.79 Å². The summed E-state index contributed by atoms with van der Waals surface area (Å²) in [6, 6.07) is 6.63. The van der Waals surface area contributed by atoms with Crippen LogP contribution in [0.15, 0.2) is 28.7 Å². The quantitative estimate of drug-likeness (QED) is 0.888. The topological polar surface area (TPSA) is 63.3 Å². The molecule has 0 aromatic heterocycles. The van der Waals surface area contributed by atoms with Crippen LogP contribution in [0, 0.1) is 0 Å². The van der Waals surface area contributed by atoms with Crippen molar-refractivity contribution in [1.82, 2.24) is 0 Å². The van der Waals surface area contributed by atoms with Gasteiger partial charge < -0.3 is 10.8 Å². The third-order valence-corrected chi connectivity index (χ3v) is 2.16. The van der Waals surface area contributed by atoms with E-state index in [0.717, 1.165) is 10.0 Å². The Hall–Kier alpha value is -0.580. The van der Waals surface area contributed by atoms with E-state index < -0.39 is 12.0 Å². The summed E-state index contributed by atoms with van der Waals surface area (Å²) in [7, 11) is 0. The number of rotatable bonds is 3. The molecule has 0 bridgehead atoms. The van der Waals surface area contributed by atoms with Crippen molar-refractivity contribution in [2.24, 2.45) is 5.73 Å². The summed E-state index contributed by atoms with van der Waals surface area (Å²) in [5.41, 5.74) is 6.30. The Bertz CT molecular complexity index is 319. The van der Waals surface area contributed by atoms with Crippen molar-refractivity contribution in [3.8, 4) is 0 Å². The van der Waals surface area contributed by atoms with Crippen LogP contribution >= 0.6 is 28.3 Å². The van der Waals surface area contributed by atoms with Gasteiger partial charge in [-0.05, 0) is 24.1 Å². The number of halogens is 2. The van der Waals surface area contributed by atoms with Gasteiger partial charge in [0.2, 0.25) is 0 Å². The first-order valence-electron chi connectivity index (χ1n) is 3.82. The van der Waals surface area contributed by atoms with Gasteiger partial charge >= 0.3 is 5.97 Å². The molecule has 0 aliphatic heterocycles. The van der Waals surface area contributed by atoms with E-state index in [9.17, 15) is 4.79 Å².